The molecule has 0 bridgehead atoms. The molecule has 1 N–H and O–H groups in total. The number of aromatic hydroxyl groups is 1. The standard InChI is InChI=1S/C19H23NO/c1-14(7-8-16-9-11-18(21)12-10-16)20-15(2)13-17-5-3-4-6-19(17)20/h3-6,9-12,14-15,21H,7-8,13H2,1-2H3. The van der Waals surface area contributed by atoms with Crippen LogP contribution in [0.4, 0.5) is 5.69 Å². The van der Waals surface area contributed by atoms with Gasteiger partial charge in [-0.05, 0) is 62.4 Å². The molecule has 1 heterocycles. The number of anilines is 1. The fraction of sp³-hybridized carbons (Fsp3) is 0.368. The number of benzene rings is 2. The highest BCUT2D eigenvalue weighted by molar-refractivity contribution is 5.59. The maximum Gasteiger partial charge on any atom is 0.115 e. The van der Waals surface area contributed by atoms with Gasteiger partial charge in [0.05, 0.1) is 0 Å². The molecule has 110 valence electrons. The topological polar surface area (TPSA) is 23.5 Å². The van der Waals surface area contributed by atoms with E-state index in [-0.39, 0.29) is 0 Å². The Morgan fingerprint density at radius 3 is 2.62 bits per heavy atom. The number of aryl methyl sites for hydroxylation is 1. The molecule has 2 atom stereocenters. The van der Waals surface area contributed by atoms with Crippen LogP contribution in [0.15, 0.2) is 48.5 Å². The van der Waals surface area contributed by atoms with Crippen molar-refractivity contribution in [2.45, 2.75) is 45.2 Å². The van der Waals surface area contributed by atoms with Crippen LogP contribution in [0.25, 0.3) is 0 Å². The first-order valence-corrected chi connectivity index (χ1v) is 7.79. The van der Waals surface area contributed by atoms with E-state index in [4.69, 9.17) is 0 Å². The molecule has 2 heteroatoms. The van der Waals surface area contributed by atoms with Crippen LogP contribution < -0.4 is 4.90 Å². The number of fused-ring (bicyclic) bond motifs is 1. The molecule has 0 spiro atoms. The average Bonchev–Trinajstić information content (AvgIpc) is 2.82. The van der Waals surface area contributed by atoms with E-state index < -0.39 is 0 Å². The van der Waals surface area contributed by atoms with Gasteiger partial charge < -0.3 is 10.0 Å². The molecule has 1 aliphatic heterocycles. The van der Waals surface area contributed by atoms with E-state index in [0.29, 0.717) is 17.8 Å². The zero-order chi connectivity index (χ0) is 14.8. The summed E-state index contributed by atoms with van der Waals surface area (Å²) >= 11 is 0. The van der Waals surface area contributed by atoms with Gasteiger partial charge >= 0.3 is 0 Å². The third-order valence-corrected chi connectivity index (χ3v) is 4.52. The SMILES string of the molecule is CC(CCc1ccc(O)cc1)N1c2ccccc2CC1C. The van der Waals surface area contributed by atoms with Crippen LogP contribution in [0.1, 0.15) is 31.4 Å². The van der Waals surface area contributed by atoms with Crippen molar-refractivity contribution in [1.29, 1.82) is 0 Å². The first-order chi connectivity index (χ1) is 10.1. The second-order valence-corrected chi connectivity index (χ2v) is 6.14. The van der Waals surface area contributed by atoms with Gasteiger partial charge in [-0.1, -0.05) is 30.3 Å². The predicted molar refractivity (Wildman–Crippen MR) is 88.0 cm³/mol. The van der Waals surface area contributed by atoms with E-state index in [9.17, 15) is 5.11 Å². The van der Waals surface area contributed by atoms with E-state index in [1.165, 1.54) is 16.8 Å². The minimum atomic E-state index is 0.342. The van der Waals surface area contributed by atoms with Gasteiger partial charge in [0.2, 0.25) is 0 Å². The average molecular weight is 281 g/mol. The van der Waals surface area contributed by atoms with Crippen molar-refractivity contribution in [1.82, 2.24) is 0 Å². The molecule has 0 aliphatic carbocycles. The smallest absolute Gasteiger partial charge is 0.115 e. The number of phenolic OH excluding ortho intramolecular Hbond substituents is 1. The normalized spacial score (nSPS) is 18.6. The summed E-state index contributed by atoms with van der Waals surface area (Å²) < 4.78 is 0. The molecule has 21 heavy (non-hydrogen) atoms. The van der Waals surface area contributed by atoms with E-state index in [2.05, 4.69) is 43.0 Å². The van der Waals surface area contributed by atoms with E-state index in [0.717, 1.165) is 19.3 Å². The minimum absolute atomic E-state index is 0.342. The number of hydrogen-bond acceptors (Lipinski definition) is 2. The maximum atomic E-state index is 9.34. The van der Waals surface area contributed by atoms with E-state index >= 15 is 0 Å². The Labute approximate surface area is 127 Å². The quantitative estimate of drug-likeness (QED) is 0.909. The van der Waals surface area contributed by atoms with Gasteiger partial charge in [-0.2, -0.15) is 0 Å². The van der Waals surface area contributed by atoms with Crippen molar-refractivity contribution in [3.63, 3.8) is 0 Å². The minimum Gasteiger partial charge on any atom is -0.508 e. The molecule has 1 aliphatic rings. The first-order valence-electron chi connectivity index (χ1n) is 7.79. The summed E-state index contributed by atoms with van der Waals surface area (Å²) in [7, 11) is 0. The third kappa shape index (κ3) is 2.90. The van der Waals surface area contributed by atoms with Crippen molar-refractivity contribution in [2.24, 2.45) is 0 Å². The third-order valence-electron chi connectivity index (χ3n) is 4.52. The summed E-state index contributed by atoms with van der Waals surface area (Å²) in [5.74, 6) is 0.342. The van der Waals surface area contributed by atoms with Crippen LogP contribution in [0.3, 0.4) is 0 Å². The summed E-state index contributed by atoms with van der Waals surface area (Å²) in [6, 6.07) is 17.4. The largest absolute Gasteiger partial charge is 0.508 e. The number of hydrogen-bond donors (Lipinski definition) is 1. The zero-order valence-electron chi connectivity index (χ0n) is 12.8. The van der Waals surface area contributed by atoms with Crippen molar-refractivity contribution in [3.05, 3.63) is 59.7 Å². The second-order valence-electron chi connectivity index (χ2n) is 6.14. The summed E-state index contributed by atoms with van der Waals surface area (Å²) in [5.41, 5.74) is 4.17. The van der Waals surface area contributed by atoms with Crippen molar-refractivity contribution >= 4 is 5.69 Å². The highest BCUT2D eigenvalue weighted by atomic mass is 16.3. The lowest BCUT2D eigenvalue weighted by Crippen LogP contribution is -2.37. The predicted octanol–water partition coefficient (Wildman–Crippen LogP) is 4.16. The molecule has 2 aromatic carbocycles. The fourth-order valence-corrected chi connectivity index (χ4v) is 3.44. The zero-order valence-corrected chi connectivity index (χ0v) is 12.8. The van der Waals surface area contributed by atoms with Gasteiger partial charge in [0.1, 0.15) is 5.75 Å². The van der Waals surface area contributed by atoms with Gasteiger partial charge in [0.25, 0.3) is 0 Å². The number of para-hydroxylation sites is 1. The molecule has 0 fully saturated rings. The van der Waals surface area contributed by atoms with E-state index in [1.54, 1.807) is 12.1 Å². The Hall–Kier alpha value is -1.96. The Morgan fingerprint density at radius 2 is 1.86 bits per heavy atom. The monoisotopic (exact) mass is 281 g/mol. The molecule has 2 unspecified atom stereocenters. The molecule has 0 radical (unpaired) electrons. The summed E-state index contributed by atoms with van der Waals surface area (Å²) in [6.07, 6.45) is 3.33. The lowest BCUT2D eigenvalue weighted by Gasteiger charge is -2.32. The Kier molecular flexibility index (Phi) is 3.87. The highest BCUT2D eigenvalue weighted by Gasteiger charge is 2.28. The molecular formula is C19H23NO. The lowest BCUT2D eigenvalue weighted by molar-refractivity contribution is 0.475. The van der Waals surface area contributed by atoms with Gasteiger partial charge in [-0.25, -0.2) is 0 Å². The Balaban J connectivity index is 1.68. The molecule has 0 saturated carbocycles. The van der Waals surface area contributed by atoms with Crippen LogP contribution >= 0.6 is 0 Å². The number of rotatable bonds is 4. The second kappa shape index (κ2) is 5.80. The van der Waals surface area contributed by atoms with Crippen LogP contribution in [-0.4, -0.2) is 17.2 Å². The molecule has 0 amide bonds. The van der Waals surface area contributed by atoms with Gasteiger partial charge in [0.15, 0.2) is 0 Å². The van der Waals surface area contributed by atoms with Crippen molar-refractivity contribution in [3.8, 4) is 5.75 Å². The highest BCUT2D eigenvalue weighted by Crippen LogP contribution is 2.34. The van der Waals surface area contributed by atoms with Crippen molar-refractivity contribution in [2.75, 3.05) is 4.90 Å². The molecular weight excluding hydrogens is 258 g/mol. The molecule has 0 saturated heterocycles. The summed E-state index contributed by atoms with van der Waals surface area (Å²) in [4.78, 5) is 2.57. The van der Waals surface area contributed by atoms with Gasteiger partial charge in [-0.15, -0.1) is 0 Å². The Bertz CT molecular complexity index is 605. The van der Waals surface area contributed by atoms with E-state index in [1.807, 2.05) is 12.1 Å². The lowest BCUT2D eigenvalue weighted by atomic mass is 10.0. The Morgan fingerprint density at radius 1 is 1.14 bits per heavy atom. The molecule has 2 nitrogen and oxygen atoms in total. The maximum absolute atomic E-state index is 9.34. The molecule has 3 rings (SSSR count). The van der Waals surface area contributed by atoms with Crippen LogP contribution in [-0.2, 0) is 12.8 Å². The molecule has 2 aromatic rings. The number of phenols is 1. The number of nitrogens with zero attached hydrogens (tertiary/aromatic N) is 1. The fourth-order valence-electron chi connectivity index (χ4n) is 3.44. The van der Waals surface area contributed by atoms with Crippen LogP contribution in [0.2, 0.25) is 0 Å². The van der Waals surface area contributed by atoms with Gasteiger partial charge in [-0.3, -0.25) is 0 Å². The van der Waals surface area contributed by atoms with Crippen molar-refractivity contribution < 1.29 is 5.11 Å². The summed E-state index contributed by atoms with van der Waals surface area (Å²) in [5, 5.41) is 9.34. The van der Waals surface area contributed by atoms with Gasteiger partial charge in [0, 0.05) is 17.8 Å². The summed E-state index contributed by atoms with van der Waals surface area (Å²) in [6.45, 7) is 4.63. The van der Waals surface area contributed by atoms with Crippen LogP contribution in [0.5, 0.6) is 5.75 Å². The molecule has 0 aromatic heterocycles. The first kappa shape index (κ1) is 14.0. The van der Waals surface area contributed by atoms with Crippen LogP contribution in [0, 0.1) is 0 Å².